The Morgan fingerprint density at radius 3 is 2.73 bits per heavy atom. The van der Waals surface area contributed by atoms with Crippen LogP contribution in [0.4, 0.5) is 5.69 Å². The summed E-state index contributed by atoms with van der Waals surface area (Å²) in [7, 11) is 0. The number of nitrogens with one attached hydrogen (secondary N) is 2. The summed E-state index contributed by atoms with van der Waals surface area (Å²) in [6.07, 6.45) is 0.159. The normalized spacial score (nSPS) is 13.8. The summed E-state index contributed by atoms with van der Waals surface area (Å²) in [6.45, 7) is 4.77. The van der Waals surface area contributed by atoms with Crippen molar-refractivity contribution in [2.45, 2.75) is 37.6 Å². The van der Waals surface area contributed by atoms with Crippen LogP contribution in [-0.4, -0.2) is 49.4 Å². The highest BCUT2D eigenvalue weighted by Crippen LogP contribution is 2.31. The van der Waals surface area contributed by atoms with Gasteiger partial charge < -0.3 is 20.1 Å². The molecular weight excluding hydrogens is 356 g/mol. The maximum Gasteiger partial charge on any atom is 0.328 e. The highest BCUT2D eigenvalue weighted by Gasteiger charge is 2.24. The van der Waals surface area contributed by atoms with Gasteiger partial charge in [-0.25, -0.2) is 4.79 Å². The molecule has 26 heavy (non-hydrogen) atoms. The Hall–Kier alpha value is -2.22. The second kappa shape index (κ2) is 10.1. The van der Waals surface area contributed by atoms with Crippen LogP contribution in [0.3, 0.4) is 0 Å². The van der Waals surface area contributed by atoms with Crippen LogP contribution in [0, 0.1) is 0 Å². The van der Waals surface area contributed by atoms with Gasteiger partial charge in [0.05, 0.1) is 13.2 Å². The fourth-order valence-electron chi connectivity index (χ4n) is 2.50. The minimum Gasteiger partial charge on any atom is -0.466 e. The summed E-state index contributed by atoms with van der Waals surface area (Å²) < 4.78 is 9.87. The topological polar surface area (TPSA) is 93.7 Å². The van der Waals surface area contributed by atoms with Gasteiger partial charge >= 0.3 is 11.9 Å². The first-order valence-electron chi connectivity index (χ1n) is 8.69. The fourth-order valence-corrected chi connectivity index (χ4v) is 3.43. The van der Waals surface area contributed by atoms with Gasteiger partial charge in [0.2, 0.25) is 0 Å². The van der Waals surface area contributed by atoms with Gasteiger partial charge in [-0.2, -0.15) is 0 Å². The number of esters is 2. The van der Waals surface area contributed by atoms with Crippen LogP contribution in [0.15, 0.2) is 23.1 Å². The van der Waals surface area contributed by atoms with Crippen molar-refractivity contribution in [3.8, 4) is 0 Å². The first-order chi connectivity index (χ1) is 12.5. The number of fused-ring (bicyclic) bond motifs is 1. The molecule has 1 heterocycles. The van der Waals surface area contributed by atoms with E-state index < -0.39 is 18.0 Å². The van der Waals surface area contributed by atoms with E-state index in [4.69, 9.17) is 9.47 Å². The second-order valence-electron chi connectivity index (χ2n) is 5.61. The third-order valence-electron chi connectivity index (χ3n) is 3.74. The van der Waals surface area contributed by atoms with Gasteiger partial charge in [-0.1, -0.05) is 0 Å². The molecule has 1 aromatic carbocycles. The van der Waals surface area contributed by atoms with Crippen LogP contribution in [0.25, 0.3) is 0 Å². The molecule has 1 aromatic rings. The second-order valence-corrected chi connectivity index (χ2v) is 6.74. The van der Waals surface area contributed by atoms with E-state index in [-0.39, 0.29) is 32.0 Å². The largest absolute Gasteiger partial charge is 0.466 e. The minimum absolute atomic E-state index is 0.0293. The number of thioether (sulfide) groups is 1. The number of carbonyl (C=O) groups excluding carboxylic acids is 3. The zero-order chi connectivity index (χ0) is 18.9. The van der Waals surface area contributed by atoms with E-state index in [1.165, 1.54) is 0 Å². The van der Waals surface area contributed by atoms with Crippen molar-refractivity contribution < 1.29 is 23.9 Å². The van der Waals surface area contributed by atoms with Crippen molar-refractivity contribution in [1.29, 1.82) is 0 Å². The van der Waals surface area contributed by atoms with Gasteiger partial charge in [-0.3, -0.25) is 9.59 Å². The minimum atomic E-state index is -0.895. The zero-order valence-electron chi connectivity index (χ0n) is 15.0. The summed E-state index contributed by atoms with van der Waals surface area (Å²) in [6, 6.07) is 4.47. The zero-order valence-corrected chi connectivity index (χ0v) is 15.8. The Balaban J connectivity index is 2.04. The van der Waals surface area contributed by atoms with E-state index in [2.05, 4.69) is 10.6 Å². The molecule has 0 aromatic heterocycles. The van der Waals surface area contributed by atoms with E-state index in [1.807, 2.05) is 6.07 Å². The summed E-state index contributed by atoms with van der Waals surface area (Å²) in [5.41, 5.74) is 1.47. The molecular formula is C18H24N2O5S. The van der Waals surface area contributed by atoms with Crippen molar-refractivity contribution in [2.75, 3.05) is 30.8 Å². The fraction of sp³-hybridized carbons (Fsp3) is 0.500. The number of carbonyl (C=O) groups is 3. The molecule has 1 aliphatic rings. The highest BCUT2D eigenvalue weighted by molar-refractivity contribution is 7.99. The first kappa shape index (κ1) is 20.1. The molecule has 2 N–H and O–H groups in total. The van der Waals surface area contributed by atoms with Gasteiger partial charge in [-0.15, -0.1) is 11.8 Å². The van der Waals surface area contributed by atoms with E-state index in [0.29, 0.717) is 5.56 Å². The van der Waals surface area contributed by atoms with Crippen molar-refractivity contribution >= 4 is 35.3 Å². The Labute approximate surface area is 157 Å². The summed E-state index contributed by atoms with van der Waals surface area (Å²) in [5.74, 6) is -0.407. The van der Waals surface area contributed by atoms with Crippen LogP contribution in [0.1, 0.15) is 37.0 Å². The third kappa shape index (κ3) is 5.66. The lowest BCUT2D eigenvalue weighted by atomic mass is 10.1. The number of anilines is 1. The molecule has 2 rings (SSSR count). The number of hydrogen-bond donors (Lipinski definition) is 2. The number of benzene rings is 1. The van der Waals surface area contributed by atoms with E-state index in [1.54, 1.807) is 37.7 Å². The lowest BCUT2D eigenvalue weighted by Gasteiger charge is -2.19. The maximum atomic E-state index is 12.6. The van der Waals surface area contributed by atoms with Crippen LogP contribution in [-0.2, 0) is 19.1 Å². The van der Waals surface area contributed by atoms with Crippen molar-refractivity contribution in [2.24, 2.45) is 0 Å². The van der Waals surface area contributed by atoms with Crippen LogP contribution >= 0.6 is 11.8 Å². The van der Waals surface area contributed by atoms with Gasteiger partial charge in [0.1, 0.15) is 6.04 Å². The molecule has 0 bridgehead atoms. The number of rotatable bonds is 8. The highest BCUT2D eigenvalue weighted by atomic mass is 32.2. The van der Waals surface area contributed by atoms with Crippen LogP contribution in [0.2, 0.25) is 0 Å². The molecule has 0 saturated heterocycles. The molecule has 142 valence electrons. The first-order valence-corrected chi connectivity index (χ1v) is 9.67. The summed E-state index contributed by atoms with van der Waals surface area (Å²) in [4.78, 5) is 37.2. The Morgan fingerprint density at radius 1 is 1.23 bits per heavy atom. The lowest BCUT2D eigenvalue weighted by Crippen LogP contribution is -2.42. The van der Waals surface area contributed by atoms with E-state index >= 15 is 0 Å². The summed E-state index contributed by atoms with van der Waals surface area (Å²) in [5, 5.41) is 5.94. The quantitative estimate of drug-likeness (QED) is 0.668. The van der Waals surface area contributed by atoms with Crippen LogP contribution < -0.4 is 10.6 Å². The monoisotopic (exact) mass is 380 g/mol. The average molecular weight is 380 g/mol. The van der Waals surface area contributed by atoms with E-state index in [9.17, 15) is 14.4 Å². The smallest absolute Gasteiger partial charge is 0.328 e. The molecule has 1 amide bonds. The maximum absolute atomic E-state index is 12.6. The van der Waals surface area contributed by atoms with Crippen molar-refractivity contribution in [3.63, 3.8) is 0 Å². The number of ether oxygens (including phenoxy) is 2. The predicted octanol–water partition coefficient (Wildman–Crippen LogP) is 2.21. The average Bonchev–Trinajstić information content (AvgIpc) is 2.64. The molecule has 1 aliphatic heterocycles. The van der Waals surface area contributed by atoms with Crippen molar-refractivity contribution in [1.82, 2.24) is 5.32 Å². The molecule has 0 unspecified atom stereocenters. The van der Waals surface area contributed by atoms with E-state index in [0.717, 1.165) is 22.9 Å². The molecule has 8 heteroatoms. The van der Waals surface area contributed by atoms with Gasteiger partial charge in [0, 0.05) is 34.9 Å². The molecule has 0 radical (unpaired) electrons. The number of hydrogen-bond acceptors (Lipinski definition) is 7. The predicted molar refractivity (Wildman–Crippen MR) is 99.4 cm³/mol. The van der Waals surface area contributed by atoms with Gasteiger partial charge in [0.25, 0.3) is 5.91 Å². The molecule has 1 atom stereocenters. The molecule has 0 spiro atoms. The van der Waals surface area contributed by atoms with Crippen molar-refractivity contribution in [3.05, 3.63) is 23.8 Å². The standard InChI is InChI=1S/C18H24N2O5S/c1-3-24-16(21)8-7-14(18(23)25-4-2)20-17(22)12-5-6-13-15(11-12)26-10-9-19-13/h5-6,11,14,19H,3-4,7-10H2,1-2H3,(H,20,22)/t14-/m0/s1. The van der Waals surface area contributed by atoms with Gasteiger partial charge in [0.15, 0.2) is 0 Å². The molecule has 7 nitrogen and oxygen atoms in total. The number of amides is 1. The lowest BCUT2D eigenvalue weighted by molar-refractivity contribution is -0.146. The Morgan fingerprint density at radius 2 is 2.00 bits per heavy atom. The molecule has 0 aliphatic carbocycles. The molecule has 0 fully saturated rings. The Bertz CT molecular complexity index is 665. The molecule has 0 saturated carbocycles. The summed E-state index contributed by atoms with van der Waals surface area (Å²) >= 11 is 1.68. The SMILES string of the molecule is CCOC(=O)CC[C@H](NC(=O)c1ccc2c(c1)SCCN2)C(=O)OCC. The Kier molecular flexibility index (Phi) is 7.77. The van der Waals surface area contributed by atoms with Gasteiger partial charge in [-0.05, 0) is 38.5 Å². The third-order valence-corrected chi connectivity index (χ3v) is 4.79. The van der Waals surface area contributed by atoms with Crippen LogP contribution in [0.5, 0.6) is 0 Å².